The average Bonchev–Trinajstić information content (AvgIpc) is 3.35. The lowest BCUT2D eigenvalue weighted by Gasteiger charge is -2.10. The minimum Gasteiger partial charge on any atom is -0.489 e. The zero-order chi connectivity index (χ0) is 18.6. The molecule has 2 aromatic carbocycles. The SMILES string of the molecule is CCc1ccsc1C(=O)Nc1cccc(COc2ccc3c(c2)OCO3)c1. The number of carbonyl (C=O) groups is 1. The predicted octanol–water partition coefficient (Wildman–Crippen LogP) is 4.87. The van der Waals surface area contributed by atoms with Gasteiger partial charge in [0.05, 0.1) is 4.88 Å². The quantitative estimate of drug-likeness (QED) is 0.662. The van der Waals surface area contributed by atoms with Crippen molar-refractivity contribution in [3.05, 3.63) is 69.9 Å². The normalized spacial score (nSPS) is 12.0. The number of rotatable bonds is 6. The van der Waals surface area contributed by atoms with E-state index in [2.05, 4.69) is 5.32 Å². The van der Waals surface area contributed by atoms with Crippen LogP contribution in [-0.4, -0.2) is 12.7 Å². The Morgan fingerprint density at radius 3 is 2.93 bits per heavy atom. The molecule has 1 amide bonds. The molecule has 3 aromatic rings. The van der Waals surface area contributed by atoms with Gasteiger partial charge in [-0.15, -0.1) is 11.3 Å². The van der Waals surface area contributed by atoms with Crippen LogP contribution in [0.5, 0.6) is 17.2 Å². The third-order valence-corrected chi connectivity index (χ3v) is 5.22. The summed E-state index contributed by atoms with van der Waals surface area (Å²) in [4.78, 5) is 13.3. The van der Waals surface area contributed by atoms with E-state index in [1.807, 2.05) is 60.8 Å². The lowest BCUT2D eigenvalue weighted by atomic mass is 10.2. The molecule has 0 bridgehead atoms. The first-order chi connectivity index (χ1) is 13.2. The van der Waals surface area contributed by atoms with Crippen LogP contribution in [-0.2, 0) is 13.0 Å². The van der Waals surface area contributed by atoms with Gasteiger partial charge >= 0.3 is 0 Å². The Labute approximate surface area is 161 Å². The monoisotopic (exact) mass is 381 g/mol. The topological polar surface area (TPSA) is 56.8 Å². The van der Waals surface area contributed by atoms with E-state index in [0.29, 0.717) is 18.1 Å². The molecule has 0 aliphatic carbocycles. The zero-order valence-corrected chi connectivity index (χ0v) is 15.7. The molecule has 0 spiro atoms. The molecule has 1 aliphatic rings. The van der Waals surface area contributed by atoms with Crippen LogP contribution in [0.25, 0.3) is 0 Å². The standard InChI is InChI=1S/C21H19NO4S/c1-2-15-8-9-27-20(15)21(23)22-16-5-3-4-14(10-16)12-24-17-6-7-18-19(11-17)26-13-25-18/h3-11H,2,12-13H2,1H3,(H,22,23). The molecule has 0 unspecified atom stereocenters. The van der Waals surface area contributed by atoms with Crippen LogP contribution in [0, 0.1) is 0 Å². The Morgan fingerprint density at radius 2 is 2.04 bits per heavy atom. The fourth-order valence-electron chi connectivity index (χ4n) is 2.87. The maximum atomic E-state index is 12.5. The van der Waals surface area contributed by atoms with Crippen molar-refractivity contribution in [3.63, 3.8) is 0 Å². The van der Waals surface area contributed by atoms with Gasteiger partial charge in [0.15, 0.2) is 11.5 Å². The summed E-state index contributed by atoms with van der Waals surface area (Å²) in [5.74, 6) is 2.05. The van der Waals surface area contributed by atoms with Gasteiger partial charge in [0.2, 0.25) is 6.79 Å². The molecule has 5 nitrogen and oxygen atoms in total. The predicted molar refractivity (Wildman–Crippen MR) is 105 cm³/mol. The number of nitrogens with one attached hydrogen (secondary N) is 1. The Morgan fingerprint density at radius 1 is 1.15 bits per heavy atom. The maximum absolute atomic E-state index is 12.5. The molecule has 1 aliphatic heterocycles. The van der Waals surface area contributed by atoms with Crippen molar-refractivity contribution >= 4 is 22.9 Å². The Bertz CT molecular complexity index is 966. The number of hydrogen-bond acceptors (Lipinski definition) is 5. The highest BCUT2D eigenvalue weighted by atomic mass is 32.1. The van der Waals surface area contributed by atoms with E-state index in [4.69, 9.17) is 14.2 Å². The fourth-order valence-corrected chi connectivity index (χ4v) is 3.76. The minimum atomic E-state index is -0.0734. The van der Waals surface area contributed by atoms with Crippen molar-refractivity contribution in [2.75, 3.05) is 12.1 Å². The van der Waals surface area contributed by atoms with E-state index >= 15 is 0 Å². The summed E-state index contributed by atoms with van der Waals surface area (Å²) in [5, 5.41) is 4.92. The molecule has 138 valence electrons. The maximum Gasteiger partial charge on any atom is 0.266 e. The number of benzene rings is 2. The Kier molecular flexibility index (Phi) is 4.98. The number of aryl methyl sites for hydroxylation is 1. The first kappa shape index (κ1) is 17.4. The van der Waals surface area contributed by atoms with Crippen molar-refractivity contribution in [3.8, 4) is 17.2 Å². The minimum absolute atomic E-state index is 0.0734. The Balaban J connectivity index is 1.41. The van der Waals surface area contributed by atoms with E-state index in [-0.39, 0.29) is 12.7 Å². The number of anilines is 1. The molecule has 0 atom stereocenters. The second kappa shape index (κ2) is 7.72. The molecule has 6 heteroatoms. The van der Waals surface area contributed by atoms with Crippen molar-refractivity contribution in [1.82, 2.24) is 0 Å². The number of amides is 1. The average molecular weight is 381 g/mol. The smallest absolute Gasteiger partial charge is 0.266 e. The highest BCUT2D eigenvalue weighted by molar-refractivity contribution is 7.12. The highest BCUT2D eigenvalue weighted by Gasteiger charge is 2.14. The van der Waals surface area contributed by atoms with Gasteiger partial charge in [-0.05, 0) is 53.3 Å². The number of ether oxygens (including phenoxy) is 3. The van der Waals surface area contributed by atoms with Crippen LogP contribution in [0.4, 0.5) is 5.69 Å². The molecular weight excluding hydrogens is 362 g/mol. The van der Waals surface area contributed by atoms with E-state index in [1.165, 1.54) is 11.3 Å². The van der Waals surface area contributed by atoms with E-state index in [0.717, 1.165) is 33.9 Å². The molecule has 0 saturated heterocycles. The lowest BCUT2D eigenvalue weighted by Crippen LogP contribution is -2.12. The second-order valence-corrected chi connectivity index (χ2v) is 7.00. The summed E-state index contributed by atoms with van der Waals surface area (Å²) in [6.45, 7) is 2.68. The Hall–Kier alpha value is -2.99. The molecule has 2 heterocycles. The van der Waals surface area contributed by atoms with Gasteiger partial charge in [-0.3, -0.25) is 4.79 Å². The van der Waals surface area contributed by atoms with E-state index < -0.39 is 0 Å². The molecule has 4 rings (SSSR count). The van der Waals surface area contributed by atoms with E-state index in [9.17, 15) is 4.79 Å². The second-order valence-electron chi connectivity index (χ2n) is 6.09. The number of thiophene rings is 1. The molecule has 1 N–H and O–H groups in total. The van der Waals surface area contributed by atoms with Crippen LogP contribution >= 0.6 is 11.3 Å². The molecule has 27 heavy (non-hydrogen) atoms. The van der Waals surface area contributed by atoms with Gasteiger partial charge in [-0.25, -0.2) is 0 Å². The van der Waals surface area contributed by atoms with Crippen molar-refractivity contribution in [1.29, 1.82) is 0 Å². The van der Waals surface area contributed by atoms with Gasteiger partial charge in [0.25, 0.3) is 5.91 Å². The van der Waals surface area contributed by atoms with Gasteiger partial charge in [0, 0.05) is 11.8 Å². The first-order valence-electron chi connectivity index (χ1n) is 8.72. The summed E-state index contributed by atoms with van der Waals surface area (Å²) in [6.07, 6.45) is 0.843. The lowest BCUT2D eigenvalue weighted by molar-refractivity contribution is 0.102. The van der Waals surface area contributed by atoms with Crippen LogP contribution < -0.4 is 19.5 Å². The molecule has 0 radical (unpaired) electrons. The molecule has 0 fully saturated rings. The van der Waals surface area contributed by atoms with Gasteiger partial charge in [0.1, 0.15) is 12.4 Å². The number of carbonyl (C=O) groups excluding carboxylic acids is 1. The summed E-state index contributed by atoms with van der Waals surface area (Å²) in [5.41, 5.74) is 2.79. The molecular formula is C21H19NO4S. The van der Waals surface area contributed by atoms with Crippen molar-refractivity contribution in [2.45, 2.75) is 20.0 Å². The number of hydrogen-bond donors (Lipinski definition) is 1. The van der Waals surface area contributed by atoms with Crippen LogP contribution in [0.3, 0.4) is 0 Å². The van der Waals surface area contributed by atoms with Gasteiger partial charge in [-0.2, -0.15) is 0 Å². The van der Waals surface area contributed by atoms with Gasteiger partial charge < -0.3 is 19.5 Å². The summed E-state index contributed by atoms with van der Waals surface area (Å²) in [7, 11) is 0. The highest BCUT2D eigenvalue weighted by Crippen LogP contribution is 2.35. The zero-order valence-electron chi connectivity index (χ0n) is 14.9. The van der Waals surface area contributed by atoms with Gasteiger partial charge in [-0.1, -0.05) is 19.1 Å². The third-order valence-electron chi connectivity index (χ3n) is 4.27. The van der Waals surface area contributed by atoms with Crippen LogP contribution in [0.15, 0.2) is 53.9 Å². The number of fused-ring (bicyclic) bond motifs is 1. The summed E-state index contributed by atoms with van der Waals surface area (Å²) in [6, 6.07) is 15.2. The van der Waals surface area contributed by atoms with Crippen molar-refractivity contribution in [2.24, 2.45) is 0 Å². The molecule has 1 aromatic heterocycles. The third kappa shape index (κ3) is 3.90. The van der Waals surface area contributed by atoms with E-state index in [1.54, 1.807) is 0 Å². The van der Waals surface area contributed by atoms with Crippen LogP contribution in [0.1, 0.15) is 27.7 Å². The van der Waals surface area contributed by atoms with Crippen molar-refractivity contribution < 1.29 is 19.0 Å². The first-order valence-corrected chi connectivity index (χ1v) is 9.60. The summed E-state index contributed by atoms with van der Waals surface area (Å²) >= 11 is 1.46. The van der Waals surface area contributed by atoms with Crippen LogP contribution in [0.2, 0.25) is 0 Å². The summed E-state index contributed by atoms with van der Waals surface area (Å²) < 4.78 is 16.5. The molecule has 0 saturated carbocycles. The fraction of sp³-hybridized carbons (Fsp3) is 0.190. The largest absolute Gasteiger partial charge is 0.489 e.